The number of amides is 2. The van der Waals surface area contributed by atoms with E-state index in [0.29, 0.717) is 17.1 Å². The van der Waals surface area contributed by atoms with Gasteiger partial charge in [0.25, 0.3) is 5.91 Å². The van der Waals surface area contributed by atoms with Crippen molar-refractivity contribution in [3.63, 3.8) is 0 Å². The highest BCUT2D eigenvalue weighted by Crippen LogP contribution is 2.42. The van der Waals surface area contributed by atoms with Gasteiger partial charge >= 0.3 is 0 Å². The van der Waals surface area contributed by atoms with Gasteiger partial charge in [0.15, 0.2) is 0 Å². The number of nitrogens with zero attached hydrogens (tertiary/aromatic N) is 2. The predicted molar refractivity (Wildman–Crippen MR) is 113 cm³/mol. The lowest BCUT2D eigenvalue weighted by molar-refractivity contribution is -0.117. The molecule has 0 spiro atoms. The molecule has 7 heteroatoms. The number of nitrogens with one attached hydrogen (secondary N) is 1. The minimum Gasteiger partial charge on any atom is -0.497 e. The SMILES string of the molecule is CNC(=O)/C(C#N)=C1\S[C@H](Cc2ccc(OC)cc2)C(=O)N1c1ccccc1C. The summed E-state index contributed by atoms with van der Waals surface area (Å²) in [7, 11) is 3.07. The van der Waals surface area contributed by atoms with Crippen LogP contribution in [0, 0.1) is 18.3 Å². The molecule has 0 aliphatic carbocycles. The van der Waals surface area contributed by atoms with E-state index in [-0.39, 0.29) is 11.5 Å². The Balaban J connectivity index is 2.03. The number of anilines is 1. The fourth-order valence-electron chi connectivity index (χ4n) is 3.12. The van der Waals surface area contributed by atoms with Crippen molar-refractivity contribution < 1.29 is 14.3 Å². The largest absolute Gasteiger partial charge is 0.497 e. The zero-order chi connectivity index (χ0) is 21.0. The zero-order valence-electron chi connectivity index (χ0n) is 16.4. The number of methoxy groups -OCH3 is 1. The summed E-state index contributed by atoms with van der Waals surface area (Å²) < 4.78 is 5.18. The van der Waals surface area contributed by atoms with Crippen LogP contribution in [0.2, 0.25) is 0 Å². The first-order chi connectivity index (χ1) is 14.0. The van der Waals surface area contributed by atoms with Crippen molar-refractivity contribution in [1.29, 1.82) is 5.26 Å². The molecule has 1 atom stereocenters. The number of rotatable bonds is 5. The molecule has 0 radical (unpaired) electrons. The molecule has 1 aliphatic heterocycles. The summed E-state index contributed by atoms with van der Waals surface area (Å²) >= 11 is 1.25. The van der Waals surface area contributed by atoms with Gasteiger partial charge in [-0.2, -0.15) is 5.26 Å². The lowest BCUT2D eigenvalue weighted by Gasteiger charge is -2.20. The Morgan fingerprint density at radius 3 is 2.52 bits per heavy atom. The van der Waals surface area contributed by atoms with Crippen LogP contribution in [-0.4, -0.2) is 31.2 Å². The average Bonchev–Trinajstić information content (AvgIpc) is 3.05. The third-order valence-corrected chi connectivity index (χ3v) is 5.93. The second kappa shape index (κ2) is 8.84. The van der Waals surface area contributed by atoms with Crippen LogP contribution < -0.4 is 15.0 Å². The van der Waals surface area contributed by atoms with E-state index in [1.807, 2.05) is 61.5 Å². The van der Waals surface area contributed by atoms with Crippen LogP contribution in [0.4, 0.5) is 5.69 Å². The first-order valence-corrected chi connectivity index (χ1v) is 9.93. The van der Waals surface area contributed by atoms with Crippen LogP contribution in [0.3, 0.4) is 0 Å². The highest BCUT2D eigenvalue weighted by atomic mass is 32.2. The molecule has 1 heterocycles. The van der Waals surface area contributed by atoms with E-state index < -0.39 is 11.2 Å². The zero-order valence-corrected chi connectivity index (χ0v) is 17.2. The molecular weight excluding hydrogens is 386 g/mol. The Kier molecular flexibility index (Phi) is 6.25. The lowest BCUT2D eigenvalue weighted by Crippen LogP contribution is -2.31. The number of benzene rings is 2. The third-order valence-electron chi connectivity index (χ3n) is 4.67. The quantitative estimate of drug-likeness (QED) is 0.608. The smallest absolute Gasteiger partial charge is 0.264 e. The van der Waals surface area contributed by atoms with Gasteiger partial charge in [0, 0.05) is 7.05 Å². The molecule has 1 saturated heterocycles. The molecule has 0 aromatic heterocycles. The van der Waals surface area contributed by atoms with Gasteiger partial charge in [0.2, 0.25) is 5.91 Å². The van der Waals surface area contributed by atoms with E-state index in [4.69, 9.17) is 4.74 Å². The summed E-state index contributed by atoms with van der Waals surface area (Å²) in [4.78, 5) is 27.1. The van der Waals surface area contributed by atoms with Gasteiger partial charge in [-0.1, -0.05) is 42.1 Å². The van der Waals surface area contributed by atoms with Crippen molar-refractivity contribution in [2.75, 3.05) is 19.1 Å². The van der Waals surface area contributed by atoms with Crippen molar-refractivity contribution in [3.8, 4) is 11.8 Å². The summed E-state index contributed by atoms with van der Waals surface area (Å²) in [5.41, 5.74) is 2.47. The maximum Gasteiger partial charge on any atom is 0.264 e. The third kappa shape index (κ3) is 4.13. The molecule has 6 nitrogen and oxygen atoms in total. The number of hydrogen-bond acceptors (Lipinski definition) is 5. The molecule has 1 N–H and O–H groups in total. The van der Waals surface area contributed by atoms with Crippen molar-refractivity contribution >= 4 is 29.3 Å². The van der Waals surface area contributed by atoms with Crippen molar-refractivity contribution in [2.45, 2.75) is 18.6 Å². The van der Waals surface area contributed by atoms with Crippen LogP contribution >= 0.6 is 11.8 Å². The van der Waals surface area contributed by atoms with Gasteiger partial charge in [-0.05, 0) is 42.7 Å². The highest BCUT2D eigenvalue weighted by molar-refractivity contribution is 8.05. The summed E-state index contributed by atoms with van der Waals surface area (Å²) in [6.45, 7) is 1.90. The van der Waals surface area contributed by atoms with Crippen LogP contribution in [0.5, 0.6) is 5.75 Å². The standard InChI is InChI=1S/C22H21N3O3S/c1-14-6-4-5-7-18(14)25-21(27)19(12-15-8-10-16(28-3)11-9-15)29-22(25)17(13-23)20(26)24-2/h4-11,19H,12H2,1-3H3,(H,24,26)/b22-17-/t19-/m1/s1. The van der Waals surface area contributed by atoms with Crippen LogP contribution in [-0.2, 0) is 16.0 Å². The molecule has 1 aliphatic rings. The minimum absolute atomic E-state index is 0.0636. The van der Waals surface area contributed by atoms with Gasteiger partial charge < -0.3 is 10.1 Å². The number of carbonyl (C=O) groups is 2. The molecule has 1 fully saturated rings. The number of thioether (sulfide) groups is 1. The fourth-order valence-corrected chi connectivity index (χ4v) is 4.42. The summed E-state index contributed by atoms with van der Waals surface area (Å²) in [5.74, 6) is 0.0888. The number of para-hydroxylation sites is 1. The van der Waals surface area contributed by atoms with Crippen molar-refractivity contribution in [2.24, 2.45) is 0 Å². The number of ether oxygens (including phenoxy) is 1. The van der Waals surface area contributed by atoms with E-state index in [9.17, 15) is 14.9 Å². The molecule has 0 unspecified atom stereocenters. The number of hydrogen-bond donors (Lipinski definition) is 1. The highest BCUT2D eigenvalue weighted by Gasteiger charge is 2.41. The second-order valence-corrected chi connectivity index (χ2v) is 7.68. The van der Waals surface area contributed by atoms with Crippen molar-refractivity contribution in [1.82, 2.24) is 5.32 Å². The first kappa shape index (κ1) is 20.5. The first-order valence-electron chi connectivity index (χ1n) is 9.05. The van der Waals surface area contributed by atoms with Gasteiger partial charge in [0.05, 0.1) is 18.0 Å². The van der Waals surface area contributed by atoms with Gasteiger partial charge in [-0.3, -0.25) is 14.5 Å². The number of carbonyl (C=O) groups excluding carboxylic acids is 2. The maximum atomic E-state index is 13.3. The van der Waals surface area contributed by atoms with E-state index in [1.165, 1.54) is 23.7 Å². The number of nitriles is 1. The topological polar surface area (TPSA) is 82.4 Å². The molecule has 29 heavy (non-hydrogen) atoms. The minimum atomic E-state index is -0.508. The Labute approximate surface area is 174 Å². The number of likely N-dealkylation sites (N-methyl/N-ethyl adjacent to an activating group) is 1. The maximum absolute atomic E-state index is 13.3. The molecule has 2 aromatic rings. The molecule has 2 aromatic carbocycles. The summed E-state index contributed by atoms with van der Waals surface area (Å²) in [6, 6.07) is 16.9. The monoisotopic (exact) mass is 407 g/mol. The molecule has 0 saturated carbocycles. The van der Waals surface area contributed by atoms with Gasteiger partial charge in [-0.25, -0.2) is 0 Å². The van der Waals surface area contributed by atoms with Gasteiger partial charge in [-0.15, -0.1) is 0 Å². The van der Waals surface area contributed by atoms with E-state index in [1.54, 1.807) is 7.11 Å². The van der Waals surface area contributed by atoms with Crippen LogP contribution in [0.15, 0.2) is 59.1 Å². The lowest BCUT2D eigenvalue weighted by atomic mass is 10.1. The Hall–Kier alpha value is -3.24. The van der Waals surface area contributed by atoms with Crippen LogP contribution in [0.1, 0.15) is 11.1 Å². The summed E-state index contributed by atoms with van der Waals surface area (Å²) in [5, 5.41) is 12.0. The Morgan fingerprint density at radius 1 is 1.24 bits per heavy atom. The molecule has 148 valence electrons. The van der Waals surface area contributed by atoms with Crippen LogP contribution in [0.25, 0.3) is 0 Å². The average molecular weight is 407 g/mol. The Morgan fingerprint density at radius 2 is 1.93 bits per heavy atom. The molecule has 0 bridgehead atoms. The Bertz CT molecular complexity index is 1010. The van der Waals surface area contributed by atoms with E-state index >= 15 is 0 Å². The normalized spacial score (nSPS) is 17.7. The van der Waals surface area contributed by atoms with E-state index in [0.717, 1.165) is 16.9 Å². The van der Waals surface area contributed by atoms with Crippen molar-refractivity contribution in [3.05, 3.63) is 70.3 Å². The van der Waals surface area contributed by atoms with E-state index in [2.05, 4.69) is 5.32 Å². The molecule has 3 rings (SSSR count). The summed E-state index contributed by atoms with van der Waals surface area (Å²) in [6.07, 6.45) is 0.478. The second-order valence-electron chi connectivity index (χ2n) is 6.49. The van der Waals surface area contributed by atoms with Gasteiger partial charge in [0.1, 0.15) is 22.4 Å². The fraction of sp³-hybridized carbons (Fsp3) is 0.227. The number of aryl methyl sites for hydroxylation is 1. The molecular formula is C22H21N3O3S. The molecule has 2 amide bonds. The predicted octanol–water partition coefficient (Wildman–Crippen LogP) is 3.18.